The lowest BCUT2D eigenvalue weighted by Crippen LogP contribution is -1.90. The van der Waals surface area contributed by atoms with Crippen LogP contribution in [0.15, 0.2) is 77.9 Å². The zero-order chi connectivity index (χ0) is 12.6. The van der Waals surface area contributed by atoms with Crippen LogP contribution in [-0.2, 0) is 0 Å². The van der Waals surface area contributed by atoms with Crippen LogP contribution in [0.4, 0.5) is 11.4 Å². The molecule has 0 atom stereocenters. The summed E-state index contributed by atoms with van der Waals surface area (Å²) in [6.45, 7) is 1.98. The fourth-order valence-corrected chi connectivity index (χ4v) is 1.54. The molecule has 0 aromatic heterocycles. The molecule has 0 fully saturated rings. The maximum Gasteiger partial charge on any atom is 0.0632 e. The SMILES string of the molecule is CC(C=CNc1ccccc1)=Nc1ccccc1. The van der Waals surface area contributed by atoms with Crippen LogP contribution in [0.2, 0.25) is 0 Å². The van der Waals surface area contributed by atoms with E-state index in [0.29, 0.717) is 0 Å². The van der Waals surface area contributed by atoms with E-state index in [4.69, 9.17) is 0 Å². The summed E-state index contributed by atoms with van der Waals surface area (Å²) < 4.78 is 0. The van der Waals surface area contributed by atoms with Gasteiger partial charge in [-0.2, -0.15) is 0 Å². The summed E-state index contributed by atoms with van der Waals surface area (Å²) in [6, 6.07) is 20.0. The molecule has 0 heterocycles. The van der Waals surface area contributed by atoms with Crippen molar-refractivity contribution in [2.45, 2.75) is 6.92 Å². The van der Waals surface area contributed by atoms with Gasteiger partial charge in [-0.15, -0.1) is 0 Å². The summed E-state index contributed by atoms with van der Waals surface area (Å²) >= 11 is 0. The van der Waals surface area contributed by atoms with E-state index in [0.717, 1.165) is 17.1 Å². The molecule has 2 nitrogen and oxygen atoms in total. The second-order valence-corrected chi connectivity index (χ2v) is 3.93. The predicted octanol–water partition coefficient (Wildman–Crippen LogP) is 4.40. The third-order valence-corrected chi connectivity index (χ3v) is 2.41. The van der Waals surface area contributed by atoms with Gasteiger partial charge >= 0.3 is 0 Å². The van der Waals surface area contributed by atoms with Gasteiger partial charge in [0.15, 0.2) is 0 Å². The first-order chi connectivity index (χ1) is 8.84. The van der Waals surface area contributed by atoms with Gasteiger partial charge in [0.25, 0.3) is 0 Å². The Bertz CT molecular complexity index is 528. The molecule has 2 rings (SSSR count). The third-order valence-electron chi connectivity index (χ3n) is 2.41. The second kappa shape index (κ2) is 6.40. The number of nitrogens with zero attached hydrogens (tertiary/aromatic N) is 1. The van der Waals surface area contributed by atoms with Crippen LogP contribution < -0.4 is 5.32 Å². The van der Waals surface area contributed by atoms with Gasteiger partial charge in [-0.1, -0.05) is 36.4 Å². The van der Waals surface area contributed by atoms with Crippen molar-refractivity contribution in [2.24, 2.45) is 4.99 Å². The summed E-state index contributed by atoms with van der Waals surface area (Å²) in [7, 11) is 0. The van der Waals surface area contributed by atoms with Crippen molar-refractivity contribution in [1.82, 2.24) is 0 Å². The Morgan fingerprint density at radius 2 is 1.56 bits per heavy atom. The van der Waals surface area contributed by atoms with Gasteiger partial charge in [-0.3, -0.25) is 4.99 Å². The standard InChI is InChI=1S/C16H16N2/c1-14(18-16-10-6-3-7-11-16)12-13-17-15-8-4-2-5-9-15/h2-13,17H,1H3. The topological polar surface area (TPSA) is 24.4 Å². The number of para-hydroxylation sites is 2. The highest BCUT2D eigenvalue weighted by Gasteiger charge is 1.88. The predicted molar refractivity (Wildman–Crippen MR) is 78.4 cm³/mol. The molecular weight excluding hydrogens is 220 g/mol. The number of nitrogens with one attached hydrogen (secondary N) is 1. The molecule has 0 aliphatic rings. The summed E-state index contributed by atoms with van der Waals surface area (Å²) in [6.07, 6.45) is 3.86. The van der Waals surface area contributed by atoms with E-state index in [1.165, 1.54) is 0 Å². The van der Waals surface area contributed by atoms with Gasteiger partial charge in [0.2, 0.25) is 0 Å². The Balaban J connectivity index is 1.95. The van der Waals surface area contributed by atoms with E-state index in [2.05, 4.69) is 10.3 Å². The maximum absolute atomic E-state index is 4.48. The molecule has 2 heteroatoms. The van der Waals surface area contributed by atoms with Crippen molar-refractivity contribution in [1.29, 1.82) is 0 Å². The summed E-state index contributed by atoms with van der Waals surface area (Å²) in [5.41, 5.74) is 3.00. The molecular formula is C16H16N2. The molecule has 0 radical (unpaired) electrons. The van der Waals surface area contributed by atoms with Crippen LogP contribution >= 0.6 is 0 Å². The summed E-state index contributed by atoms with van der Waals surface area (Å²) in [5, 5.41) is 3.20. The van der Waals surface area contributed by atoms with Crippen molar-refractivity contribution in [3.8, 4) is 0 Å². The second-order valence-electron chi connectivity index (χ2n) is 3.93. The minimum Gasteiger partial charge on any atom is -0.362 e. The van der Waals surface area contributed by atoms with Crippen LogP contribution in [0.25, 0.3) is 0 Å². The number of aliphatic imine (C=N–C) groups is 1. The zero-order valence-electron chi connectivity index (χ0n) is 10.4. The molecule has 2 aromatic rings. The molecule has 0 aliphatic heterocycles. The zero-order valence-corrected chi connectivity index (χ0v) is 10.4. The van der Waals surface area contributed by atoms with Gasteiger partial charge < -0.3 is 5.32 Å². The largest absolute Gasteiger partial charge is 0.362 e. The Labute approximate surface area is 108 Å². The molecule has 0 aliphatic carbocycles. The highest BCUT2D eigenvalue weighted by molar-refractivity contribution is 5.94. The summed E-state index contributed by atoms with van der Waals surface area (Å²) in [4.78, 5) is 4.48. The average Bonchev–Trinajstić information content (AvgIpc) is 2.41. The van der Waals surface area contributed by atoms with Gasteiger partial charge in [0, 0.05) is 17.6 Å². The fourth-order valence-electron chi connectivity index (χ4n) is 1.54. The van der Waals surface area contributed by atoms with Crippen LogP contribution in [-0.4, -0.2) is 5.71 Å². The number of hydrogen-bond acceptors (Lipinski definition) is 2. The number of hydrogen-bond donors (Lipinski definition) is 1. The van der Waals surface area contributed by atoms with Gasteiger partial charge in [-0.05, 0) is 37.3 Å². The van der Waals surface area contributed by atoms with Crippen molar-refractivity contribution >= 4 is 17.1 Å². The monoisotopic (exact) mass is 236 g/mol. The molecule has 0 bridgehead atoms. The molecule has 18 heavy (non-hydrogen) atoms. The number of allylic oxidation sites excluding steroid dienone is 1. The van der Waals surface area contributed by atoms with Crippen LogP contribution in [0.3, 0.4) is 0 Å². The lowest BCUT2D eigenvalue weighted by molar-refractivity contribution is 1.50. The highest BCUT2D eigenvalue weighted by atomic mass is 14.8. The van der Waals surface area contributed by atoms with Crippen LogP contribution in [0.1, 0.15) is 6.92 Å². The van der Waals surface area contributed by atoms with Gasteiger partial charge in [0.05, 0.1) is 5.69 Å². The Morgan fingerprint density at radius 3 is 2.22 bits per heavy atom. The van der Waals surface area contributed by atoms with Crippen molar-refractivity contribution in [2.75, 3.05) is 5.32 Å². The van der Waals surface area contributed by atoms with Crippen molar-refractivity contribution < 1.29 is 0 Å². The third kappa shape index (κ3) is 3.91. The molecule has 0 unspecified atom stereocenters. The quantitative estimate of drug-likeness (QED) is 0.781. The molecule has 0 spiro atoms. The minimum absolute atomic E-state index is 0.963. The van der Waals surface area contributed by atoms with E-state index in [-0.39, 0.29) is 0 Å². The van der Waals surface area contributed by atoms with E-state index < -0.39 is 0 Å². The van der Waals surface area contributed by atoms with Gasteiger partial charge in [-0.25, -0.2) is 0 Å². The highest BCUT2D eigenvalue weighted by Crippen LogP contribution is 2.10. The Morgan fingerprint density at radius 1 is 0.944 bits per heavy atom. The molecule has 0 saturated heterocycles. The van der Waals surface area contributed by atoms with Gasteiger partial charge in [0.1, 0.15) is 0 Å². The first kappa shape index (κ1) is 12.1. The van der Waals surface area contributed by atoms with E-state index >= 15 is 0 Å². The smallest absolute Gasteiger partial charge is 0.0632 e. The molecule has 1 N–H and O–H groups in total. The first-order valence-electron chi connectivity index (χ1n) is 5.93. The molecule has 0 amide bonds. The van der Waals surface area contributed by atoms with E-state index in [1.54, 1.807) is 0 Å². The van der Waals surface area contributed by atoms with Crippen molar-refractivity contribution in [3.63, 3.8) is 0 Å². The fraction of sp³-hybridized carbons (Fsp3) is 0.0625. The molecule has 90 valence electrons. The van der Waals surface area contributed by atoms with E-state index in [9.17, 15) is 0 Å². The normalized spacial score (nSPS) is 11.7. The van der Waals surface area contributed by atoms with E-state index in [1.807, 2.05) is 79.9 Å². The first-order valence-corrected chi connectivity index (χ1v) is 5.93. The average molecular weight is 236 g/mol. The number of anilines is 1. The Kier molecular flexibility index (Phi) is 4.31. The number of benzene rings is 2. The minimum atomic E-state index is 0.963. The maximum atomic E-state index is 4.48. The van der Waals surface area contributed by atoms with Crippen molar-refractivity contribution in [3.05, 3.63) is 72.9 Å². The molecule has 2 aromatic carbocycles. The molecule has 0 saturated carbocycles. The summed E-state index contributed by atoms with van der Waals surface area (Å²) in [5.74, 6) is 0. The lowest BCUT2D eigenvalue weighted by Gasteiger charge is -1.99. The van der Waals surface area contributed by atoms with Crippen LogP contribution in [0.5, 0.6) is 0 Å². The van der Waals surface area contributed by atoms with Crippen LogP contribution in [0, 0.1) is 0 Å². The Hall–Kier alpha value is -2.35. The number of rotatable bonds is 4. The lowest BCUT2D eigenvalue weighted by atomic mass is 10.3.